The maximum atomic E-state index is 12.2. The number of benzene rings is 2. The molecule has 1 heterocycles. The van der Waals surface area contributed by atoms with Gasteiger partial charge >= 0.3 is 0 Å². The zero-order valence-electron chi connectivity index (χ0n) is 14.4. The zero-order chi connectivity index (χ0) is 18.2. The van der Waals surface area contributed by atoms with Crippen LogP contribution in [0.15, 0.2) is 65.8 Å². The second-order valence-corrected chi connectivity index (χ2v) is 5.98. The van der Waals surface area contributed by atoms with Crippen molar-refractivity contribution < 1.29 is 14.4 Å². The number of hydrogen-bond donors (Lipinski definition) is 1. The van der Waals surface area contributed by atoms with Gasteiger partial charge in [-0.2, -0.15) is 5.10 Å². The molecule has 26 heavy (non-hydrogen) atoms. The summed E-state index contributed by atoms with van der Waals surface area (Å²) in [4.78, 5) is 29.2. The van der Waals surface area contributed by atoms with Crippen molar-refractivity contribution in [3.05, 3.63) is 71.8 Å². The highest BCUT2D eigenvalue weighted by Crippen LogP contribution is 2.14. The first kappa shape index (κ1) is 17.8. The summed E-state index contributed by atoms with van der Waals surface area (Å²) in [5, 5.41) is 5.82. The molecule has 2 aromatic carbocycles. The van der Waals surface area contributed by atoms with Crippen LogP contribution in [0, 0.1) is 0 Å². The number of amides is 2. The highest BCUT2D eigenvalue weighted by Gasteiger charge is 2.21. The number of carbonyl (C=O) groups excluding carboxylic acids is 2. The van der Waals surface area contributed by atoms with Gasteiger partial charge in [0, 0.05) is 19.3 Å². The number of hydroxylamine groups is 1. The number of hydrazone groups is 1. The number of rotatable bonds is 7. The van der Waals surface area contributed by atoms with Crippen molar-refractivity contribution >= 4 is 17.5 Å². The fourth-order valence-corrected chi connectivity index (χ4v) is 2.65. The Morgan fingerprint density at radius 3 is 2.42 bits per heavy atom. The third kappa shape index (κ3) is 5.00. The highest BCUT2D eigenvalue weighted by molar-refractivity contribution is 6.02. The van der Waals surface area contributed by atoms with Gasteiger partial charge in [0.2, 0.25) is 11.8 Å². The van der Waals surface area contributed by atoms with Crippen LogP contribution < -0.4 is 5.48 Å². The number of nitrogens with one attached hydrogen (secondary N) is 1. The lowest BCUT2D eigenvalue weighted by Crippen LogP contribution is -2.28. The Morgan fingerprint density at radius 1 is 1.00 bits per heavy atom. The number of hydrogen-bond acceptors (Lipinski definition) is 4. The van der Waals surface area contributed by atoms with E-state index in [1.54, 1.807) is 0 Å². The lowest BCUT2D eigenvalue weighted by Gasteiger charge is -2.11. The van der Waals surface area contributed by atoms with Gasteiger partial charge in [0.1, 0.15) is 0 Å². The summed E-state index contributed by atoms with van der Waals surface area (Å²) >= 11 is 0. The fraction of sp³-hybridized carbons (Fsp3) is 0.250. The highest BCUT2D eigenvalue weighted by atomic mass is 16.6. The van der Waals surface area contributed by atoms with Crippen molar-refractivity contribution in [1.29, 1.82) is 0 Å². The maximum absolute atomic E-state index is 12.2. The van der Waals surface area contributed by atoms with E-state index in [4.69, 9.17) is 4.84 Å². The average Bonchev–Trinajstić information content (AvgIpc) is 3.18. The average molecular weight is 351 g/mol. The van der Waals surface area contributed by atoms with Crippen molar-refractivity contribution in [2.24, 2.45) is 5.10 Å². The molecule has 0 aromatic heterocycles. The first-order valence-corrected chi connectivity index (χ1v) is 8.60. The van der Waals surface area contributed by atoms with E-state index in [-0.39, 0.29) is 31.3 Å². The lowest BCUT2D eigenvalue weighted by atomic mass is 10.1. The summed E-state index contributed by atoms with van der Waals surface area (Å²) in [7, 11) is 0. The third-order valence-electron chi connectivity index (χ3n) is 4.03. The molecular formula is C20H21N3O3. The SMILES string of the molecule is O=C(CCC(=O)N1CCC(c2ccccc2)=N1)NOCc1ccccc1. The van der Waals surface area contributed by atoms with Crippen molar-refractivity contribution in [3.8, 4) is 0 Å². The van der Waals surface area contributed by atoms with Crippen molar-refractivity contribution in [2.75, 3.05) is 6.54 Å². The van der Waals surface area contributed by atoms with Crippen LogP contribution in [0.2, 0.25) is 0 Å². The van der Waals surface area contributed by atoms with Crippen LogP contribution in [-0.4, -0.2) is 29.1 Å². The van der Waals surface area contributed by atoms with Crippen LogP contribution in [0.1, 0.15) is 30.4 Å². The van der Waals surface area contributed by atoms with Crippen LogP contribution in [0.25, 0.3) is 0 Å². The molecule has 1 N–H and O–H groups in total. The van der Waals surface area contributed by atoms with Gasteiger partial charge in [-0.1, -0.05) is 60.7 Å². The van der Waals surface area contributed by atoms with Gasteiger partial charge in [0.05, 0.1) is 18.9 Å². The summed E-state index contributed by atoms with van der Waals surface area (Å²) in [5.74, 6) is -0.477. The molecule has 0 aliphatic carbocycles. The Morgan fingerprint density at radius 2 is 1.69 bits per heavy atom. The van der Waals surface area contributed by atoms with Crippen molar-refractivity contribution in [3.63, 3.8) is 0 Å². The maximum Gasteiger partial charge on any atom is 0.244 e. The zero-order valence-corrected chi connectivity index (χ0v) is 14.4. The summed E-state index contributed by atoms with van der Waals surface area (Å²) in [5.41, 5.74) is 5.25. The lowest BCUT2D eigenvalue weighted by molar-refractivity contribution is -0.138. The van der Waals surface area contributed by atoms with E-state index in [9.17, 15) is 9.59 Å². The molecule has 1 aliphatic rings. The van der Waals surface area contributed by atoms with Crippen molar-refractivity contribution in [1.82, 2.24) is 10.5 Å². The molecule has 6 heteroatoms. The van der Waals surface area contributed by atoms with E-state index in [1.807, 2.05) is 60.7 Å². The van der Waals surface area contributed by atoms with Crippen LogP contribution in [0.4, 0.5) is 0 Å². The van der Waals surface area contributed by atoms with E-state index in [0.717, 1.165) is 23.3 Å². The van der Waals surface area contributed by atoms with Crippen LogP contribution in [-0.2, 0) is 21.0 Å². The van der Waals surface area contributed by atoms with Crippen LogP contribution in [0.5, 0.6) is 0 Å². The Kier molecular flexibility index (Phi) is 6.11. The van der Waals surface area contributed by atoms with E-state index in [2.05, 4.69) is 10.6 Å². The van der Waals surface area contributed by atoms with Crippen molar-refractivity contribution in [2.45, 2.75) is 25.9 Å². The Hall–Kier alpha value is -2.99. The molecule has 0 saturated carbocycles. The standard InChI is InChI=1S/C20H21N3O3/c24-19(22-26-15-16-7-3-1-4-8-16)11-12-20(25)23-14-13-18(21-23)17-9-5-2-6-10-17/h1-10H,11-15H2,(H,22,24). The first-order chi connectivity index (χ1) is 12.7. The van der Waals surface area contributed by atoms with E-state index in [1.165, 1.54) is 5.01 Å². The topological polar surface area (TPSA) is 71.0 Å². The van der Waals surface area contributed by atoms with Crippen LogP contribution in [0.3, 0.4) is 0 Å². The van der Waals surface area contributed by atoms with E-state index >= 15 is 0 Å². The molecule has 0 spiro atoms. The van der Waals surface area contributed by atoms with Gasteiger partial charge in [-0.15, -0.1) is 0 Å². The monoisotopic (exact) mass is 351 g/mol. The minimum absolute atomic E-state index is 0.0698. The molecular weight excluding hydrogens is 330 g/mol. The Bertz CT molecular complexity index is 775. The molecule has 0 radical (unpaired) electrons. The number of carbonyl (C=O) groups is 2. The van der Waals surface area contributed by atoms with Gasteiger partial charge in [-0.05, 0) is 11.1 Å². The minimum atomic E-state index is -0.319. The molecule has 0 unspecified atom stereocenters. The van der Waals surface area contributed by atoms with E-state index in [0.29, 0.717) is 6.54 Å². The fourth-order valence-electron chi connectivity index (χ4n) is 2.65. The molecule has 1 aliphatic heterocycles. The van der Waals surface area contributed by atoms with Gasteiger partial charge < -0.3 is 0 Å². The number of nitrogens with zero attached hydrogens (tertiary/aromatic N) is 2. The second kappa shape index (κ2) is 8.92. The molecule has 2 amide bonds. The summed E-state index contributed by atoms with van der Waals surface area (Å²) in [6, 6.07) is 19.3. The van der Waals surface area contributed by atoms with Gasteiger partial charge in [0.15, 0.2) is 0 Å². The van der Waals surface area contributed by atoms with E-state index < -0.39 is 0 Å². The van der Waals surface area contributed by atoms with Gasteiger partial charge in [-0.3, -0.25) is 14.4 Å². The molecule has 2 aromatic rings. The Balaban J connectivity index is 1.40. The van der Waals surface area contributed by atoms with Crippen LogP contribution >= 0.6 is 0 Å². The Labute approximate surface area is 152 Å². The quantitative estimate of drug-likeness (QED) is 0.780. The predicted octanol–water partition coefficient (Wildman–Crippen LogP) is 2.65. The first-order valence-electron chi connectivity index (χ1n) is 8.60. The predicted molar refractivity (Wildman–Crippen MR) is 97.9 cm³/mol. The normalized spacial score (nSPS) is 13.4. The molecule has 134 valence electrons. The molecule has 3 rings (SSSR count). The molecule has 6 nitrogen and oxygen atoms in total. The second-order valence-electron chi connectivity index (χ2n) is 5.98. The molecule has 0 fully saturated rings. The van der Waals surface area contributed by atoms with Gasteiger partial charge in [-0.25, -0.2) is 10.5 Å². The molecule has 0 atom stereocenters. The molecule has 0 saturated heterocycles. The van der Waals surface area contributed by atoms with Gasteiger partial charge in [0.25, 0.3) is 0 Å². The summed E-state index contributed by atoms with van der Waals surface area (Å²) in [6.07, 6.45) is 0.897. The summed E-state index contributed by atoms with van der Waals surface area (Å²) < 4.78 is 0. The summed E-state index contributed by atoms with van der Waals surface area (Å²) in [6.45, 7) is 0.840. The largest absolute Gasteiger partial charge is 0.273 e. The third-order valence-corrected chi connectivity index (χ3v) is 4.03. The smallest absolute Gasteiger partial charge is 0.244 e. The minimum Gasteiger partial charge on any atom is -0.273 e. The molecule has 0 bridgehead atoms.